The van der Waals surface area contributed by atoms with Crippen molar-refractivity contribution in [3.63, 3.8) is 0 Å². The van der Waals surface area contributed by atoms with Crippen molar-refractivity contribution in [3.8, 4) is 11.1 Å². The molecule has 0 fully saturated rings. The molecule has 1 heterocycles. The molecule has 0 aromatic heterocycles. The number of hydrogen-bond acceptors (Lipinski definition) is 2. The van der Waals surface area contributed by atoms with Crippen molar-refractivity contribution >= 4 is 51.7 Å². The van der Waals surface area contributed by atoms with Crippen molar-refractivity contribution in [2.75, 3.05) is 0 Å². The number of benzene rings is 3. The third kappa shape index (κ3) is 2.71. The molecule has 6 heteroatoms. The molecule has 3 aromatic rings. The molecule has 0 N–H and O–H groups in total. The van der Waals surface area contributed by atoms with Crippen LogP contribution in [-0.2, 0) is 26.1 Å². The van der Waals surface area contributed by atoms with Crippen molar-refractivity contribution in [3.05, 3.63) is 103 Å². The summed E-state index contributed by atoms with van der Waals surface area (Å²) in [5, 5.41) is 0. The molecule has 0 amide bonds. The van der Waals surface area contributed by atoms with Crippen molar-refractivity contribution in [2.24, 2.45) is 0 Å². The van der Waals surface area contributed by atoms with Crippen LogP contribution < -0.4 is 3.27 Å². The second-order valence-electron chi connectivity index (χ2n) is 8.02. The Labute approximate surface area is 195 Å². The quantitative estimate of drug-likeness (QED) is 0.237. The molecule has 1 nitrogen and oxygen atoms in total. The molecule has 0 saturated heterocycles. The predicted molar refractivity (Wildman–Crippen MR) is 129 cm³/mol. The van der Waals surface area contributed by atoms with Gasteiger partial charge in [-0.05, 0) is 0 Å². The van der Waals surface area contributed by atoms with E-state index in [1.54, 1.807) is 0 Å². The zero-order chi connectivity index (χ0) is 20.7. The number of ether oxygens (including phenoxy) is 1. The van der Waals surface area contributed by atoms with E-state index >= 15 is 0 Å². The fraction of sp³-hybridized carbons (Fsp3) is 0.0833. The number of rotatable bonds is 2. The molecular formula is C24H16BrCl2OSZr. The Hall–Kier alpha value is -0.767. The Balaban J connectivity index is 1.57. The summed E-state index contributed by atoms with van der Waals surface area (Å²) < 4.78 is 8.67. The fourth-order valence-electron chi connectivity index (χ4n) is 4.99. The Morgan fingerprint density at radius 2 is 1.67 bits per heavy atom. The minimum atomic E-state index is -5.01. The molecule has 3 aliphatic rings. The summed E-state index contributed by atoms with van der Waals surface area (Å²) in [7, 11) is 20.2. The van der Waals surface area contributed by atoms with Gasteiger partial charge in [0, 0.05) is 0 Å². The molecular weight excluding hydrogens is 578 g/mol. The van der Waals surface area contributed by atoms with Crippen molar-refractivity contribution < 1.29 is 19.7 Å². The van der Waals surface area contributed by atoms with Gasteiger partial charge in [0.2, 0.25) is 0 Å². The standard InChI is InChI=1S/C13H9.C11H6BrO.2ClH.H2S.Zr/c1-3-7-12-10(5-1)9-11-6-2-4-8-13(11)12;12-10-6-8-5-7-3-1-2-4-9(7)11(8)13-10;;;;/h1-7H,9H2;1-5,11H;2*1H;1H2;/q;;;;;+3/p-3. The molecule has 6 rings (SSSR count). The van der Waals surface area contributed by atoms with Gasteiger partial charge in [0.05, 0.1) is 0 Å². The van der Waals surface area contributed by atoms with E-state index in [0.29, 0.717) is 4.67 Å². The molecule has 1 unspecified atom stereocenters. The third-order valence-corrected chi connectivity index (χ3v) is 21.8. The average molecular weight is 594 g/mol. The number of halogens is 3. The van der Waals surface area contributed by atoms with E-state index in [1.165, 1.54) is 16.7 Å². The molecule has 30 heavy (non-hydrogen) atoms. The summed E-state index contributed by atoms with van der Waals surface area (Å²) in [6.07, 6.45) is 2.85. The van der Waals surface area contributed by atoms with Crippen LogP contribution in [0, 0.1) is 0 Å². The summed E-state index contributed by atoms with van der Waals surface area (Å²) >= 11 is -1.36. The minimum absolute atomic E-state index is 0.188. The Morgan fingerprint density at radius 1 is 0.933 bits per heavy atom. The molecule has 1 aliphatic heterocycles. The van der Waals surface area contributed by atoms with Crippen LogP contribution in [0.1, 0.15) is 28.4 Å². The van der Waals surface area contributed by atoms with E-state index in [1.807, 2.05) is 18.2 Å². The predicted octanol–water partition coefficient (Wildman–Crippen LogP) is 7.46. The first-order valence-corrected chi connectivity index (χ1v) is 23.1. The molecule has 0 spiro atoms. The number of thiol groups is 1. The van der Waals surface area contributed by atoms with Crippen molar-refractivity contribution in [2.45, 2.75) is 12.5 Å². The van der Waals surface area contributed by atoms with E-state index in [-0.39, 0.29) is 6.10 Å². The van der Waals surface area contributed by atoms with Gasteiger partial charge in [-0.25, -0.2) is 0 Å². The van der Waals surface area contributed by atoms with Gasteiger partial charge in [-0.15, -0.1) is 0 Å². The molecule has 149 valence electrons. The number of hydrogen-bond donors (Lipinski definition) is 1. The SMILES string of the molecule is [SH][Zr]([Cl])([Cl])([C]1=C(Br)OC2C1=Cc1ccccc12)[c]1cccc2c1-c1ccccc1C2. The zero-order valence-electron chi connectivity index (χ0n) is 15.7. The molecule has 1 atom stereocenters. The van der Waals surface area contributed by atoms with Crippen molar-refractivity contribution in [1.82, 2.24) is 0 Å². The first-order chi connectivity index (χ1) is 14.3. The van der Waals surface area contributed by atoms with E-state index in [4.69, 9.17) is 31.1 Å². The van der Waals surface area contributed by atoms with Gasteiger partial charge in [0.1, 0.15) is 0 Å². The summed E-state index contributed by atoms with van der Waals surface area (Å²) in [5.41, 5.74) is 8.20. The Kier molecular flexibility index (Phi) is 4.39. The summed E-state index contributed by atoms with van der Waals surface area (Å²) in [6, 6.07) is 23.0. The molecule has 0 saturated carbocycles. The monoisotopic (exact) mass is 591 g/mol. The molecule has 2 aliphatic carbocycles. The second-order valence-corrected chi connectivity index (χ2v) is 34.5. The van der Waals surface area contributed by atoms with Gasteiger partial charge < -0.3 is 0 Å². The van der Waals surface area contributed by atoms with Crippen LogP contribution >= 0.6 is 42.3 Å². The van der Waals surface area contributed by atoms with E-state index in [2.05, 4.69) is 70.5 Å². The zero-order valence-corrected chi connectivity index (χ0v) is 22.2. The van der Waals surface area contributed by atoms with Crippen molar-refractivity contribution in [1.29, 1.82) is 0 Å². The molecule has 3 aromatic carbocycles. The second kappa shape index (κ2) is 6.62. The van der Waals surface area contributed by atoms with E-state index in [0.717, 1.165) is 35.2 Å². The topological polar surface area (TPSA) is 9.23 Å². The van der Waals surface area contributed by atoms with Crippen LogP contribution in [0.15, 0.2) is 80.3 Å². The molecule has 0 bridgehead atoms. The van der Waals surface area contributed by atoms with E-state index < -0.39 is 14.9 Å². The third-order valence-electron chi connectivity index (χ3n) is 6.28. The normalized spacial score (nSPS) is 19.9. The summed E-state index contributed by atoms with van der Waals surface area (Å²) in [5.74, 6) is 0. The maximum atomic E-state index is 7.51. The first kappa shape index (κ1) is 19.9. The van der Waals surface area contributed by atoms with Gasteiger partial charge in [-0.2, -0.15) is 0 Å². The van der Waals surface area contributed by atoms with Crippen LogP contribution in [0.2, 0.25) is 0 Å². The van der Waals surface area contributed by atoms with Crippen LogP contribution in [0.4, 0.5) is 0 Å². The first-order valence-electron chi connectivity index (χ1n) is 9.74. The van der Waals surface area contributed by atoms with Gasteiger partial charge in [0.15, 0.2) is 0 Å². The van der Waals surface area contributed by atoms with E-state index in [9.17, 15) is 0 Å². The summed E-state index contributed by atoms with van der Waals surface area (Å²) in [4.78, 5) is 0. The van der Waals surface area contributed by atoms with Crippen LogP contribution in [0.3, 0.4) is 0 Å². The summed E-state index contributed by atoms with van der Waals surface area (Å²) in [6.45, 7) is 0. The van der Waals surface area contributed by atoms with Gasteiger partial charge in [0.25, 0.3) is 0 Å². The fourth-order valence-corrected chi connectivity index (χ4v) is 22.7. The van der Waals surface area contributed by atoms with Gasteiger partial charge in [-0.3, -0.25) is 0 Å². The van der Waals surface area contributed by atoms with Crippen LogP contribution in [0.5, 0.6) is 0 Å². The van der Waals surface area contributed by atoms with Crippen LogP contribution in [-0.4, -0.2) is 0 Å². The van der Waals surface area contributed by atoms with Crippen LogP contribution in [0.25, 0.3) is 17.2 Å². The Bertz CT molecular complexity index is 1320. The Morgan fingerprint density at radius 3 is 2.53 bits per heavy atom. The maximum absolute atomic E-state index is 7.51. The molecule has 0 radical (unpaired) electrons. The average Bonchev–Trinajstić information content (AvgIpc) is 3.36. The van der Waals surface area contributed by atoms with Gasteiger partial charge >= 0.3 is 198 Å². The number of fused-ring (bicyclic) bond motifs is 6. The van der Waals surface area contributed by atoms with Gasteiger partial charge in [-0.1, -0.05) is 0 Å².